The lowest BCUT2D eigenvalue weighted by Crippen LogP contribution is -2.24. The van der Waals surface area contributed by atoms with Gasteiger partial charge in [-0.1, -0.05) is 38.1 Å². The third-order valence-electron chi connectivity index (χ3n) is 3.05. The van der Waals surface area contributed by atoms with E-state index in [2.05, 4.69) is 43.4 Å². The van der Waals surface area contributed by atoms with Gasteiger partial charge in [0, 0.05) is 17.5 Å². The van der Waals surface area contributed by atoms with Crippen LogP contribution in [0.2, 0.25) is 0 Å². The molecule has 0 aromatic heterocycles. The number of hydrogen-bond donors (Lipinski definition) is 3. The Kier molecular flexibility index (Phi) is 8.14. The van der Waals surface area contributed by atoms with Crippen LogP contribution in [-0.2, 0) is 6.42 Å². The lowest BCUT2D eigenvalue weighted by Gasteiger charge is -2.19. The van der Waals surface area contributed by atoms with Crippen molar-refractivity contribution < 1.29 is 10.2 Å². The third-order valence-corrected chi connectivity index (χ3v) is 4.24. The first-order valence-electron chi connectivity index (χ1n) is 6.90. The summed E-state index contributed by atoms with van der Waals surface area (Å²) >= 11 is 1.67. The van der Waals surface area contributed by atoms with E-state index in [0.717, 1.165) is 18.7 Å². The first-order valence-corrected chi connectivity index (χ1v) is 8.05. The van der Waals surface area contributed by atoms with Crippen molar-refractivity contribution in [1.29, 1.82) is 0 Å². The number of aliphatic hydroxyl groups excluding tert-OH is 2. The molecule has 0 saturated carbocycles. The number of nitrogens with one attached hydrogen (secondary N) is 1. The molecule has 3 N–H and O–H groups in total. The summed E-state index contributed by atoms with van der Waals surface area (Å²) in [4.78, 5) is 0. The van der Waals surface area contributed by atoms with E-state index in [1.165, 1.54) is 11.1 Å². The van der Waals surface area contributed by atoms with Crippen molar-refractivity contribution in [3.05, 3.63) is 35.4 Å². The van der Waals surface area contributed by atoms with Crippen LogP contribution in [0.15, 0.2) is 24.3 Å². The molecule has 2 atom stereocenters. The minimum atomic E-state index is -0.616. The molecule has 0 spiro atoms. The van der Waals surface area contributed by atoms with Crippen molar-refractivity contribution in [1.82, 2.24) is 5.32 Å². The Morgan fingerprint density at radius 3 is 2.37 bits per heavy atom. The molecule has 0 aliphatic rings. The average molecular weight is 283 g/mol. The molecule has 19 heavy (non-hydrogen) atoms. The van der Waals surface area contributed by atoms with E-state index in [4.69, 9.17) is 5.11 Å². The van der Waals surface area contributed by atoms with Crippen molar-refractivity contribution in [2.45, 2.75) is 32.4 Å². The molecule has 1 aromatic rings. The second-order valence-electron chi connectivity index (χ2n) is 4.58. The largest absolute Gasteiger partial charge is 0.394 e. The molecule has 0 saturated heterocycles. The number of aliphatic hydroxyl groups is 2. The van der Waals surface area contributed by atoms with Crippen LogP contribution in [0.4, 0.5) is 0 Å². The molecule has 2 unspecified atom stereocenters. The summed E-state index contributed by atoms with van der Waals surface area (Å²) in [5.74, 6) is 1.47. The van der Waals surface area contributed by atoms with Crippen LogP contribution in [-0.4, -0.2) is 41.0 Å². The quantitative estimate of drug-likeness (QED) is 0.649. The highest BCUT2D eigenvalue weighted by atomic mass is 32.2. The van der Waals surface area contributed by atoms with Gasteiger partial charge < -0.3 is 15.5 Å². The molecule has 0 bridgehead atoms. The maximum Gasteiger partial charge on any atom is 0.0861 e. The van der Waals surface area contributed by atoms with Crippen LogP contribution in [0.25, 0.3) is 0 Å². The van der Waals surface area contributed by atoms with Gasteiger partial charge >= 0.3 is 0 Å². The van der Waals surface area contributed by atoms with Gasteiger partial charge in [-0.15, -0.1) is 0 Å². The van der Waals surface area contributed by atoms with E-state index in [9.17, 15) is 5.11 Å². The second kappa shape index (κ2) is 9.37. The molecule has 0 radical (unpaired) electrons. The summed E-state index contributed by atoms with van der Waals surface area (Å²) < 4.78 is 0. The number of thioether (sulfide) groups is 1. The van der Waals surface area contributed by atoms with Gasteiger partial charge in [0.05, 0.1) is 12.7 Å². The summed E-state index contributed by atoms with van der Waals surface area (Å²) in [5, 5.41) is 21.6. The van der Waals surface area contributed by atoms with Crippen LogP contribution in [0.1, 0.15) is 31.0 Å². The molecular formula is C15H25NO2S. The Morgan fingerprint density at radius 2 is 1.84 bits per heavy atom. The zero-order valence-corrected chi connectivity index (χ0v) is 12.6. The summed E-state index contributed by atoms with van der Waals surface area (Å²) in [7, 11) is 0. The Labute approximate surface area is 120 Å². The van der Waals surface area contributed by atoms with E-state index in [1.807, 2.05) is 0 Å². The first kappa shape index (κ1) is 16.5. The zero-order chi connectivity index (χ0) is 14.1. The summed E-state index contributed by atoms with van der Waals surface area (Å²) in [6.07, 6.45) is 0.443. The molecular weight excluding hydrogens is 258 g/mol. The lowest BCUT2D eigenvalue weighted by atomic mass is 10.1. The van der Waals surface area contributed by atoms with Gasteiger partial charge in [0.2, 0.25) is 0 Å². The number of rotatable bonds is 9. The van der Waals surface area contributed by atoms with Gasteiger partial charge in [-0.3, -0.25) is 0 Å². The van der Waals surface area contributed by atoms with Gasteiger partial charge in [0.1, 0.15) is 0 Å². The summed E-state index contributed by atoms with van der Waals surface area (Å²) in [6, 6.07) is 9.00. The number of hydrogen-bond acceptors (Lipinski definition) is 4. The van der Waals surface area contributed by atoms with Gasteiger partial charge in [0.15, 0.2) is 0 Å². The lowest BCUT2D eigenvalue weighted by molar-refractivity contribution is 0.113. The highest BCUT2D eigenvalue weighted by Crippen LogP contribution is 2.19. The Hall–Kier alpha value is -0.550. The van der Waals surface area contributed by atoms with Crippen LogP contribution in [0.5, 0.6) is 0 Å². The fraction of sp³-hybridized carbons (Fsp3) is 0.600. The van der Waals surface area contributed by atoms with Crippen molar-refractivity contribution in [2.24, 2.45) is 0 Å². The van der Waals surface area contributed by atoms with Gasteiger partial charge in [-0.25, -0.2) is 0 Å². The predicted molar refractivity (Wildman–Crippen MR) is 82.7 cm³/mol. The molecule has 1 rings (SSSR count). The fourth-order valence-corrected chi connectivity index (χ4v) is 2.94. The SMILES string of the molecule is CCNC(CSCC(O)CO)c1ccc(CC)cc1. The summed E-state index contributed by atoms with van der Waals surface area (Å²) in [5.41, 5.74) is 2.63. The van der Waals surface area contributed by atoms with Crippen molar-refractivity contribution >= 4 is 11.8 Å². The Morgan fingerprint density at radius 1 is 1.16 bits per heavy atom. The van der Waals surface area contributed by atoms with Gasteiger partial charge in [-0.2, -0.15) is 11.8 Å². The minimum absolute atomic E-state index is 0.163. The van der Waals surface area contributed by atoms with Crippen molar-refractivity contribution in [3.8, 4) is 0 Å². The Bertz CT molecular complexity index is 343. The molecule has 4 heteroatoms. The molecule has 0 heterocycles. The van der Waals surface area contributed by atoms with Gasteiger partial charge in [-0.05, 0) is 24.1 Å². The molecule has 0 aliphatic heterocycles. The highest BCUT2D eigenvalue weighted by molar-refractivity contribution is 7.99. The smallest absolute Gasteiger partial charge is 0.0861 e. The number of aryl methyl sites for hydroxylation is 1. The summed E-state index contributed by atoms with van der Waals surface area (Å²) in [6.45, 7) is 5.01. The van der Waals surface area contributed by atoms with Crippen LogP contribution in [0, 0.1) is 0 Å². The zero-order valence-electron chi connectivity index (χ0n) is 11.8. The topological polar surface area (TPSA) is 52.5 Å². The van der Waals surface area contributed by atoms with E-state index in [-0.39, 0.29) is 6.61 Å². The van der Waals surface area contributed by atoms with E-state index in [1.54, 1.807) is 11.8 Å². The monoisotopic (exact) mass is 283 g/mol. The first-order chi connectivity index (χ1) is 9.21. The van der Waals surface area contributed by atoms with Crippen LogP contribution < -0.4 is 5.32 Å². The van der Waals surface area contributed by atoms with E-state index < -0.39 is 6.10 Å². The third kappa shape index (κ3) is 5.95. The van der Waals surface area contributed by atoms with Gasteiger partial charge in [0.25, 0.3) is 0 Å². The van der Waals surface area contributed by atoms with E-state index in [0.29, 0.717) is 11.8 Å². The normalized spacial score (nSPS) is 14.3. The predicted octanol–water partition coefficient (Wildman–Crippen LogP) is 1.99. The van der Waals surface area contributed by atoms with Crippen LogP contribution >= 0.6 is 11.8 Å². The van der Waals surface area contributed by atoms with Crippen LogP contribution in [0.3, 0.4) is 0 Å². The molecule has 0 fully saturated rings. The Balaban J connectivity index is 2.55. The minimum Gasteiger partial charge on any atom is -0.394 e. The maximum atomic E-state index is 9.35. The average Bonchev–Trinajstić information content (AvgIpc) is 2.46. The molecule has 1 aromatic carbocycles. The molecule has 0 aliphatic carbocycles. The molecule has 108 valence electrons. The maximum absolute atomic E-state index is 9.35. The van der Waals surface area contributed by atoms with Crippen molar-refractivity contribution in [3.63, 3.8) is 0 Å². The molecule has 0 amide bonds. The molecule has 3 nitrogen and oxygen atoms in total. The fourth-order valence-electron chi connectivity index (χ4n) is 1.88. The van der Waals surface area contributed by atoms with E-state index >= 15 is 0 Å². The van der Waals surface area contributed by atoms with Crippen molar-refractivity contribution in [2.75, 3.05) is 24.7 Å². The standard InChI is InChI=1S/C15H25NO2S/c1-3-12-5-7-13(8-6-12)15(16-4-2)11-19-10-14(18)9-17/h5-8,14-18H,3-4,9-11H2,1-2H3. The highest BCUT2D eigenvalue weighted by Gasteiger charge is 2.11. The second-order valence-corrected chi connectivity index (χ2v) is 5.65. The number of benzene rings is 1.